The van der Waals surface area contributed by atoms with E-state index in [2.05, 4.69) is 0 Å². The third-order valence-electron chi connectivity index (χ3n) is 4.35. The van der Waals surface area contributed by atoms with Crippen LogP contribution in [0.15, 0.2) is 0 Å². The summed E-state index contributed by atoms with van der Waals surface area (Å²) in [5.41, 5.74) is 0. The van der Waals surface area contributed by atoms with Crippen molar-refractivity contribution in [3.05, 3.63) is 0 Å². The first-order chi connectivity index (χ1) is 9.65. The first-order valence-electron chi connectivity index (χ1n) is 7.50. The number of hydrogen-bond acceptors (Lipinski definition) is 3. The van der Waals surface area contributed by atoms with Crippen LogP contribution in [0.3, 0.4) is 0 Å². The molecule has 0 aromatic heterocycles. The van der Waals surface area contributed by atoms with Gasteiger partial charge in [-0.05, 0) is 25.7 Å². The van der Waals surface area contributed by atoms with Crippen molar-refractivity contribution in [1.82, 2.24) is 14.7 Å². The second-order valence-corrected chi connectivity index (χ2v) is 5.91. The third kappa shape index (κ3) is 2.78. The molecule has 3 aliphatic rings. The van der Waals surface area contributed by atoms with Crippen molar-refractivity contribution < 1.29 is 14.4 Å². The van der Waals surface area contributed by atoms with Crippen LogP contribution >= 0.6 is 0 Å². The van der Waals surface area contributed by atoms with Crippen LogP contribution in [0.25, 0.3) is 0 Å². The molecule has 6 nitrogen and oxygen atoms in total. The summed E-state index contributed by atoms with van der Waals surface area (Å²) in [5, 5.41) is 0. The molecule has 2 aliphatic heterocycles. The van der Waals surface area contributed by atoms with Crippen molar-refractivity contribution in [2.45, 2.75) is 38.1 Å². The van der Waals surface area contributed by atoms with Gasteiger partial charge in [-0.1, -0.05) is 0 Å². The molecule has 0 aromatic rings. The quantitative estimate of drug-likeness (QED) is 0.721. The highest BCUT2D eigenvalue weighted by Crippen LogP contribution is 2.28. The van der Waals surface area contributed by atoms with E-state index >= 15 is 0 Å². The SMILES string of the molecule is O=C1CCCCN1CC(=O)N1CCN(C2CC2)C(=O)C1. The van der Waals surface area contributed by atoms with Crippen LogP contribution < -0.4 is 0 Å². The number of likely N-dealkylation sites (tertiary alicyclic amines) is 1. The molecule has 3 amide bonds. The van der Waals surface area contributed by atoms with E-state index in [-0.39, 0.29) is 30.8 Å². The van der Waals surface area contributed by atoms with Gasteiger partial charge in [0.1, 0.15) is 0 Å². The molecule has 20 heavy (non-hydrogen) atoms. The minimum Gasteiger partial charge on any atom is -0.336 e. The largest absolute Gasteiger partial charge is 0.336 e. The van der Waals surface area contributed by atoms with Gasteiger partial charge >= 0.3 is 0 Å². The van der Waals surface area contributed by atoms with Gasteiger partial charge in [-0.15, -0.1) is 0 Å². The van der Waals surface area contributed by atoms with Crippen molar-refractivity contribution in [1.29, 1.82) is 0 Å². The molecule has 0 N–H and O–H groups in total. The number of piperidine rings is 1. The molecular weight excluding hydrogens is 258 g/mol. The lowest BCUT2D eigenvalue weighted by atomic mass is 10.1. The molecule has 6 heteroatoms. The Morgan fingerprint density at radius 3 is 2.50 bits per heavy atom. The van der Waals surface area contributed by atoms with Crippen LogP contribution in [0.4, 0.5) is 0 Å². The number of amides is 3. The standard InChI is InChI=1S/C14H21N3O3/c18-12-3-1-2-6-15(12)9-13(19)16-7-8-17(11-4-5-11)14(20)10-16/h11H,1-10H2. The Labute approximate surface area is 118 Å². The van der Waals surface area contributed by atoms with E-state index < -0.39 is 0 Å². The predicted octanol–water partition coefficient (Wildman–Crippen LogP) is -0.168. The number of hydrogen-bond donors (Lipinski definition) is 0. The van der Waals surface area contributed by atoms with Gasteiger partial charge in [-0.2, -0.15) is 0 Å². The van der Waals surface area contributed by atoms with Crippen molar-refractivity contribution in [2.75, 3.05) is 32.7 Å². The van der Waals surface area contributed by atoms with E-state index in [1.807, 2.05) is 4.90 Å². The molecule has 0 bridgehead atoms. The van der Waals surface area contributed by atoms with Gasteiger partial charge in [0.15, 0.2) is 0 Å². The van der Waals surface area contributed by atoms with E-state index in [0.717, 1.165) is 25.7 Å². The van der Waals surface area contributed by atoms with Crippen LogP contribution in [-0.2, 0) is 14.4 Å². The van der Waals surface area contributed by atoms with Crippen LogP contribution in [-0.4, -0.2) is 71.2 Å². The lowest BCUT2D eigenvalue weighted by molar-refractivity contribution is -0.148. The summed E-state index contributed by atoms with van der Waals surface area (Å²) in [6, 6.07) is 0.420. The van der Waals surface area contributed by atoms with E-state index in [1.54, 1.807) is 9.80 Å². The smallest absolute Gasteiger partial charge is 0.242 e. The lowest BCUT2D eigenvalue weighted by Gasteiger charge is -2.36. The van der Waals surface area contributed by atoms with Crippen molar-refractivity contribution in [3.63, 3.8) is 0 Å². The zero-order valence-corrected chi connectivity index (χ0v) is 11.7. The maximum atomic E-state index is 12.2. The summed E-state index contributed by atoms with van der Waals surface area (Å²) < 4.78 is 0. The molecule has 1 aliphatic carbocycles. The molecule has 2 heterocycles. The highest BCUT2D eigenvalue weighted by atomic mass is 16.2. The van der Waals surface area contributed by atoms with Gasteiger partial charge < -0.3 is 14.7 Å². The van der Waals surface area contributed by atoms with E-state index in [9.17, 15) is 14.4 Å². The minimum atomic E-state index is -0.0935. The van der Waals surface area contributed by atoms with E-state index in [0.29, 0.717) is 32.1 Å². The molecule has 0 atom stereocenters. The molecule has 0 unspecified atom stereocenters. The zero-order valence-electron chi connectivity index (χ0n) is 11.7. The molecule has 3 rings (SSSR count). The second-order valence-electron chi connectivity index (χ2n) is 5.91. The molecule has 0 aromatic carbocycles. The molecular formula is C14H21N3O3. The fourth-order valence-electron chi connectivity index (χ4n) is 2.96. The molecule has 0 radical (unpaired) electrons. The van der Waals surface area contributed by atoms with Gasteiger partial charge in [0, 0.05) is 32.1 Å². The Morgan fingerprint density at radius 1 is 1.05 bits per heavy atom. The number of piperazine rings is 1. The maximum Gasteiger partial charge on any atom is 0.242 e. The Bertz CT molecular complexity index is 433. The van der Waals surface area contributed by atoms with Crippen molar-refractivity contribution >= 4 is 17.7 Å². The highest BCUT2D eigenvalue weighted by molar-refractivity contribution is 5.89. The third-order valence-corrected chi connectivity index (χ3v) is 4.35. The minimum absolute atomic E-state index is 0.0528. The number of rotatable bonds is 3. The Morgan fingerprint density at radius 2 is 1.85 bits per heavy atom. The number of carbonyl (C=O) groups is 3. The van der Waals surface area contributed by atoms with Gasteiger partial charge in [0.25, 0.3) is 0 Å². The molecule has 1 saturated carbocycles. The maximum absolute atomic E-state index is 12.2. The normalized spacial score (nSPS) is 24.3. The van der Waals surface area contributed by atoms with Gasteiger partial charge in [0.05, 0.1) is 13.1 Å². The molecule has 0 spiro atoms. The Balaban J connectivity index is 1.52. The number of nitrogens with zero attached hydrogens (tertiary/aromatic N) is 3. The molecule has 3 fully saturated rings. The second kappa shape index (κ2) is 5.42. The van der Waals surface area contributed by atoms with Crippen LogP contribution in [0.5, 0.6) is 0 Å². The topological polar surface area (TPSA) is 60.9 Å². The summed E-state index contributed by atoms with van der Waals surface area (Å²) in [7, 11) is 0. The van der Waals surface area contributed by atoms with Gasteiger partial charge in [0.2, 0.25) is 17.7 Å². The summed E-state index contributed by atoms with van der Waals surface area (Å²) in [6.45, 7) is 2.22. The van der Waals surface area contributed by atoms with Crippen molar-refractivity contribution in [2.24, 2.45) is 0 Å². The first kappa shape index (κ1) is 13.4. The first-order valence-corrected chi connectivity index (χ1v) is 7.50. The summed E-state index contributed by atoms with van der Waals surface area (Å²) >= 11 is 0. The van der Waals surface area contributed by atoms with E-state index in [4.69, 9.17) is 0 Å². The van der Waals surface area contributed by atoms with Gasteiger partial charge in [-0.3, -0.25) is 14.4 Å². The van der Waals surface area contributed by atoms with Crippen molar-refractivity contribution in [3.8, 4) is 0 Å². The average molecular weight is 279 g/mol. The Kier molecular flexibility index (Phi) is 3.63. The highest BCUT2D eigenvalue weighted by Gasteiger charge is 2.37. The van der Waals surface area contributed by atoms with Gasteiger partial charge in [-0.25, -0.2) is 0 Å². The van der Waals surface area contributed by atoms with Crippen LogP contribution in [0.1, 0.15) is 32.1 Å². The lowest BCUT2D eigenvalue weighted by Crippen LogP contribution is -2.55. The number of carbonyl (C=O) groups excluding carboxylic acids is 3. The average Bonchev–Trinajstić information content (AvgIpc) is 3.25. The summed E-state index contributed by atoms with van der Waals surface area (Å²) in [6.07, 6.45) is 4.63. The fraction of sp³-hybridized carbons (Fsp3) is 0.786. The summed E-state index contributed by atoms with van der Waals surface area (Å²) in [5.74, 6) is 0.0219. The van der Waals surface area contributed by atoms with Crippen LogP contribution in [0, 0.1) is 0 Å². The fourth-order valence-corrected chi connectivity index (χ4v) is 2.96. The predicted molar refractivity (Wildman–Crippen MR) is 71.7 cm³/mol. The monoisotopic (exact) mass is 279 g/mol. The Hall–Kier alpha value is -1.59. The summed E-state index contributed by atoms with van der Waals surface area (Å²) in [4.78, 5) is 41.0. The molecule has 110 valence electrons. The molecule has 2 saturated heterocycles. The zero-order chi connectivity index (χ0) is 14.1. The van der Waals surface area contributed by atoms with Crippen LogP contribution in [0.2, 0.25) is 0 Å². The van der Waals surface area contributed by atoms with E-state index in [1.165, 1.54) is 0 Å².